The van der Waals surface area contributed by atoms with Crippen LogP contribution < -0.4 is 43.0 Å². The Morgan fingerprint density at radius 3 is 1.31 bits per heavy atom. The van der Waals surface area contributed by atoms with E-state index in [2.05, 4.69) is 37.2 Å². The molecule has 0 aliphatic carbocycles. The summed E-state index contributed by atoms with van der Waals surface area (Å²) in [7, 11) is 0. The third-order valence-corrected chi connectivity index (χ3v) is 6.97. The first-order chi connectivity index (χ1) is 23.4. The van der Waals surface area contributed by atoms with Crippen molar-refractivity contribution in [2.45, 2.75) is 38.4 Å². The molecular formula is C29H57ClN10O9. The van der Waals surface area contributed by atoms with Gasteiger partial charge in [-0.3, -0.25) is 38.6 Å². The summed E-state index contributed by atoms with van der Waals surface area (Å²) in [4.78, 5) is 75.6. The van der Waals surface area contributed by atoms with Crippen LogP contribution in [0.5, 0.6) is 0 Å². The molecule has 2 atom stereocenters. The standard InChI is InChI=1S/C29H57ClN10O9/c1-2-33-24(44)15-26(46)35-7-11-39(19-22(42)18-30)12-8-36-28(48)17-29(49)38-10-14-40(20-23(43)21-41)13-9-37-27(47)16-25(45)34-6-5-32-4-3-31/h22-23,32,41-43H,2-21,31H2,1H3,(H,33,44)(H,34,45)(H,35,46)(H,36,48)(H,37,47)(H,38,49). The monoisotopic (exact) mass is 724 g/mol. The van der Waals surface area contributed by atoms with Gasteiger partial charge in [0.15, 0.2) is 0 Å². The molecule has 0 fully saturated rings. The Kier molecular flexibility index (Phi) is 27.8. The second kappa shape index (κ2) is 29.7. The minimum absolute atomic E-state index is 0.00881. The van der Waals surface area contributed by atoms with Gasteiger partial charge in [-0.05, 0) is 6.92 Å². The molecule has 0 bridgehead atoms. The zero-order valence-electron chi connectivity index (χ0n) is 28.4. The van der Waals surface area contributed by atoms with Crippen molar-refractivity contribution in [1.82, 2.24) is 47.0 Å². The number of hydrogen-bond acceptors (Lipinski definition) is 13. The van der Waals surface area contributed by atoms with Crippen LogP contribution in [0.2, 0.25) is 0 Å². The maximum absolute atomic E-state index is 12.3. The van der Waals surface area contributed by atoms with Crippen LogP contribution in [0.3, 0.4) is 0 Å². The minimum atomic E-state index is -1.05. The van der Waals surface area contributed by atoms with Crippen LogP contribution in [0.4, 0.5) is 0 Å². The highest BCUT2D eigenvalue weighted by atomic mass is 35.5. The number of hydrogen-bond donors (Lipinski definition) is 11. The highest BCUT2D eigenvalue weighted by Crippen LogP contribution is 1.96. The Bertz CT molecular complexity index is 983. The number of nitrogens with zero attached hydrogens (tertiary/aromatic N) is 2. The summed E-state index contributed by atoms with van der Waals surface area (Å²) in [6.45, 7) is 5.66. The van der Waals surface area contributed by atoms with Gasteiger partial charge in [0.05, 0.1) is 18.8 Å². The number of carbonyl (C=O) groups is 6. The molecule has 0 aromatic rings. The fraction of sp³-hybridized carbons (Fsp3) is 0.793. The van der Waals surface area contributed by atoms with Gasteiger partial charge < -0.3 is 58.3 Å². The molecule has 0 radical (unpaired) electrons. The quantitative estimate of drug-likeness (QED) is 0.0187. The molecule has 0 heterocycles. The molecule has 0 aromatic carbocycles. The molecule has 19 nitrogen and oxygen atoms in total. The van der Waals surface area contributed by atoms with E-state index in [0.717, 1.165) is 0 Å². The molecule has 0 saturated heterocycles. The molecule has 0 spiro atoms. The van der Waals surface area contributed by atoms with Crippen molar-refractivity contribution in [3.63, 3.8) is 0 Å². The summed E-state index contributed by atoms with van der Waals surface area (Å²) in [5.74, 6) is -2.81. The van der Waals surface area contributed by atoms with Gasteiger partial charge in [0, 0.05) is 104 Å². The molecule has 0 saturated carbocycles. The number of alkyl halides is 1. The molecule has 20 heteroatoms. The van der Waals surface area contributed by atoms with Crippen molar-refractivity contribution in [1.29, 1.82) is 0 Å². The van der Waals surface area contributed by atoms with Crippen LogP contribution in [-0.2, 0) is 28.8 Å². The Balaban J connectivity index is 4.52. The van der Waals surface area contributed by atoms with Gasteiger partial charge in [0.25, 0.3) is 0 Å². The van der Waals surface area contributed by atoms with Crippen LogP contribution in [0, 0.1) is 0 Å². The summed E-state index contributed by atoms with van der Waals surface area (Å²) in [5.41, 5.74) is 5.37. The number of carbonyl (C=O) groups excluding carboxylic acids is 6. The fourth-order valence-corrected chi connectivity index (χ4v) is 4.33. The Hall–Kier alpha value is -3.17. The number of rotatable bonds is 30. The Morgan fingerprint density at radius 1 is 0.592 bits per heavy atom. The average Bonchev–Trinajstić information content (AvgIpc) is 3.04. The lowest BCUT2D eigenvalue weighted by Gasteiger charge is -2.25. The zero-order chi connectivity index (χ0) is 36.9. The van der Waals surface area contributed by atoms with E-state index >= 15 is 0 Å². The van der Waals surface area contributed by atoms with E-state index in [4.69, 9.17) is 17.3 Å². The third kappa shape index (κ3) is 27.4. The summed E-state index contributed by atoms with van der Waals surface area (Å²) in [5, 5.41) is 47.8. The van der Waals surface area contributed by atoms with Crippen molar-refractivity contribution < 1.29 is 44.1 Å². The van der Waals surface area contributed by atoms with Crippen LogP contribution in [-0.4, -0.2) is 183 Å². The lowest BCUT2D eigenvalue weighted by Crippen LogP contribution is -2.45. The topological polar surface area (TPSA) is 280 Å². The van der Waals surface area contributed by atoms with Crippen molar-refractivity contribution in [3.05, 3.63) is 0 Å². The maximum atomic E-state index is 12.3. The Morgan fingerprint density at radius 2 is 0.959 bits per heavy atom. The van der Waals surface area contributed by atoms with E-state index in [-0.39, 0.29) is 77.0 Å². The van der Waals surface area contributed by atoms with Gasteiger partial charge >= 0.3 is 0 Å². The van der Waals surface area contributed by atoms with Gasteiger partial charge in [-0.25, -0.2) is 0 Å². The molecule has 2 unspecified atom stereocenters. The third-order valence-electron chi connectivity index (χ3n) is 6.61. The van der Waals surface area contributed by atoms with E-state index in [1.165, 1.54) is 0 Å². The van der Waals surface area contributed by atoms with Gasteiger partial charge in [-0.15, -0.1) is 11.6 Å². The van der Waals surface area contributed by atoms with E-state index < -0.39 is 54.8 Å². The lowest BCUT2D eigenvalue weighted by molar-refractivity contribution is -0.130. The largest absolute Gasteiger partial charge is 0.394 e. The molecule has 0 aromatic heterocycles. The molecule has 284 valence electrons. The first-order valence-corrected chi connectivity index (χ1v) is 17.0. The number of amides is 6. The molecule has 0 aliphatic rings. The molecular weight excluding hydrogens is 668 g/mol. The van der Waals surface area contributed by atoms with Gasteiger partial charge in [-0.1, -0.05) is 0 Å². The minimum Gasteiger partial charge on any atom is -0.394 e. The van der Waals surface area contributed by atoms with E-state index in [9.17, 15) is 44.1 Å². The van der Waals surface area contributed by atoms with Crippen molar-refractivity contribution >= 4 is 47.0 Å². The highest BCUT2D eigenvalue weighted by Gasteiger charge is 2.16. The molecule has 12 N–H and O–H groups in total. The summed E-state index contributed by atoms with van der Waals surface area (Å²) < 4.78 is 0. The SMILES string of the molecule is CCNC(=O)CC(=O)NCCN(CCNC(=O)CC(=O)NCCN(CCNC(=O)CC(=O)NCCNCCN)CC(O)CO)CC(O)CCl. The first kappa shape index (κ1) is 45.8. The molecule has 49 heavy (non-hydrogen) atoms. The maximum Gasteiger partial charge on any atom is 0.229 e. The number of nitrogens with two attached hydrogens (primary N) is 1. The number of halogens is 1. The van der Waals surface area contributed by atoms with Crippen molar-refractivity contribution in [2.24, 2.45) is 5.73 Å². The number of nitrogens with one attached hydrogen (secondary N) is 7. The summed E-state index contributed by atoms with van der Waals surface area (Å²) in [6.07, 6.45) is -2.98. The predicted molar refractivity (Wildman–Crippen MR) is 182 cm³/mol. The second-order valence-electron chi connectivity index (χ2n) is 11.0. The summed E-state index contributed by atoms with van der Waals surface area (Å²) >= 11 is 5.72. The van der Waals surface area contributed by atoms with Crippen LogP contribution in [0.1, 0.15) is 26.2 Å². The van der Waals surface area contributed by atoms with Crippen LogP contribution in [0.15, 0.2) is 0 Å². The van der Waals surface area contributed by atoms with Gasteiger partial charge in [0.1, 0.15) is 19.3 Å². The Labute approximate surface area is 292 Å². The van der Waals surface area contributed by atoms with Crippen LogP contribution in [0.25, 0.3) is 0 Å². The number of aliphatic hydroxyl groups is 3. The molecule has 0 rings (SSSR count). The van der Waals surface area contributed by atoms with Crippen molar-refractivity contribution in [3.8, 4) is 0 Å². The van der Waals surface area contributed by atoms with Gasteiger partial charge in [0.2, 0.25) is 35.4 Å². The number of aliphatic hydroxyl groups excluding tert-OH is 3. The zero-order valence-corrected chi connectivity index (χ0v) is 29.2. The van der Waals surface area contributed by atoms with Crippen LogP contribution >= 0.6 is 11.6 Å². The van der Waals surface area contributed by atoms with E-state index in [0.29, 0.717) is 45.8 Å². The molecule has 6 amide bonds. The van der Waals surface area contributed by atoms with E-state index in [1.807, 2.05) is 0 Å². The lowest BCUT2D eigenvalue weighted by atomic mass is 10.3. The second-order valence-corrected chi connectivity index (χ2v) is 11.3. The first-order valence-electron chi connectivity index (χ1n) is 16.4. The summed E-state index contributed by atoms with van der Waals surface area (Å²) in [6, 6.07) is 0. The van der Waals surface area contributed by atoms with Crippen molar-refractivity contribution in [2.75, 3.05) is 111 Å². The molecule has 0 aliphatic heterocycles. The average molecular weight is 725 g/mol. The van der Waals surface area contributed by atoms with Gasteiger partial charge in [-0.2, -0.15) is 0 Å². The fourth-order valence-electron chi connectivity index (χ4n) is 4.23. The smallest absolute Gasteiger partial charge is 0.229 e. The highest BCUT2D eigenvalue weighted by molar-refractivity contribution is 6.18. The van der Waals surface area contributed by atoms with E-state index in [1.54, 1.807) is 16.7 Å². The predicted octanol–water partition coefficient (Wildman–Crippen LogP) is -6.02. The normalized spacial score (nSPS) is 12.2.